The fraction of sp³-hybridized carbons (Fsp3) is 0.559. The highest BCUT2D eigenvalue weighted by Gasteiger charge is 2.53. The second-order valence-corrected chi connectivity index (χ2v) is 35.2. The largest absolute Gasteiger partial charge is 0.459 e. The lowest BCUT2D eigenvalue weighted by Crippen LogP contribution is -2.61. The summed E-state index contributed by atoms with van der Waals surface area (Å²) in [5, 5.41) is 53.9. The molecule has 1 aliphatic carbocycles. The predicted octanol–water partition coefficient (Wildman–Crippen LogP) is 7.01. The van der Waals surface area contributed by atoms with Crippen LogP contribution in [0.2, 0.25) is 0 Å². The number of aromatic nitrogens is 10. The molecule has 37 nitrogen and oxygen atoms in total. The topological polar surface area (TPSA) is 489 Å². The van der Waals surface area contributed by atoms with Gasteiger partial charge in [-0.15, -0.1) is 10.6 Å². The number of ketones is 3. The number of amides is 3. The van der Waals surface area contributed by atoms with Gasteiger partial charge in [-0.3, -0.25) is 33.8 Å². The number of benzene rings is 2. The summed E-state index contributed by atoms with van der Waals surface area (Å²) in [6.07, 6.45) is 20.2. The highest BCUT2D eigenvalue weighted by atomic mass is 16.6. The average molecular weight is 1800 g/mol. The van der Waals surface area contributed by atoms with Crippen molar-refractivity contribution in [3.05, 3.63) is 132 Å². The van der Waals surface area contributed by atoms with Crippen molar-refractivity contribution in [3.8, 4) is 22.4 Å². The standard InChI is InChI=1S/C93H126N20O17/c1-56-17-10-9-11-18-57(2)76(124-7)49-68-26-22-61(6)93(123,130-68)86(120)89(121)111-32-14-12-21-72(111)90(122)128-77(50-74(114)58(3)44-60(5)84(118)85(119)83(117)59(4)43-56)69(94)45-62-23-27-71(78(46-62)125-8)113-73(53-102-106-113)64-20-16-19-63(47-64)66-51-98-92(99-52-66)109-36-34-108(35-37-109)80(116)29-25-67-54-110(107-104-67)38-40-127-42-41-126-39-30-79(115)97-31-13-15-33-112-88-81(87(95)100-55-101-88)82(105-112)65-24-28-75-70(48-65)103-91(96)129-75/h9-11,16-20,24,28,44,47-48,51-56,58-59,61-62,68-69,71-72,76-78,84-85,102,106,118-119,123H,12-15,21-23,25-27,29-43,45-46,49-50,94H2,1-8H3,(H2,96,103)(H,97,115)(H2,95,100,101)/b11-9+,17-10+,57-18+,60-44+/t56-,58-,59-,61-,62+,68+,69-,71?,72+,76+,77+,78-,84-,85+,93-/m1/s1. The van der Waals surface area contributed by atoms with Gasteiger partial charge >= 0.3 is 5.97 Å². The number of esters is 1. The van der Waals surface area contributed by atoms with Crippen LogP contribution in [0.4, 0.5) is 17.8 Å². The minimum atomic E-state index is -2.51. The zero-order valence-electron chi connectivity index (χ0n) is 75.5. The molecular formula is C93H126N20O17. The molecule has 1 unspecified atom stereocenters. The Bertz CT molecular complexity index is 5240. The molecule has 2 aromatic carbocycles. The number of carbonyl (C=O) groups is 7. The van der Waals surface area contributed by atoms with Crippen LogP contribution in [-0.2, 0) is 81.5 Å². The summed E-state index contributed by atoms with van der Waals surface area (Å²) in [5.41, 5.74) is 34.2. The maximum absolute atomic E-state index is 14.9. The van der Waals surface area contributed by atoms with Gasteiger partial charge in [0, 0.05) is 157 Å². The summed E-state index contributed by atoms with van der Waals surface area (Å²) in [4.78, 5) is 126. The van der Waals surface area contributed by atoms with E-state index < -0.39 is 95.4 Å². The lowest BCUT2D eigenvalue weighted by atomic mass is 9.79. The molecule has 12 N–H and O–H groups in total. The third kappa shape index (κ3) is 24.2. The molecule has 6 aliphatic rings. The maximum Gasteiger partial charge on any atom is 0.329 e. The number of fused-ring (bicyclic) bond motifs is 5. The summed E-state index contributed by atoms with van der Waals surface area (Å²) < 4.78 is 45.1. The predicted molar refractivity (Wildman–Crippen MR) is 483 cm³/mol. The Labute approximate surface area is 756 Å². The third-order valence-electron chi connectivity index (χ3n) is 25.9. The number of oxazole rings is 1. The molecule has 2 bridgehead atoms. The first-order valence-corrected chi connectivity index (χ1v) is 45.5. The highest BCUT2D eigenvalue weighted by Crippen LogP contribution is 2.41. The molecule has 5 aromatic heterocycles. The first-order valence-electron chi connectivity index (χ1n) is 45.5. The van der Waals surface area contributed by atoms with Crippen LogP contribution >= 0.6 is 0 Å². The normalized spacial score (nSPS) is 27.4. The van der Waals surface area contributed by atoms with E-state index in [4.69, 9.17) is 65.1 Å². The number of nitrogens with one attached hydrogen (secondary N) is 3. The van der Waals surface area contributed by atoms with Crippen LogP contribution in [0.1, 0.15) is 156 Å². The molecule has 130 heavy (non-hydrogen) atoms. The first-order chi connectivity index (χ1) is 62.6. The molecule has 4 fully saturated rings. The SMILES string of the molecule is CO[C@H]1C[C@@H]2CC[C@@H](C)[C@@](O)(O2)C(=O)C(=O)N2CCCC[C@H]2C(=O)O[C@H]([C@H](N)C[C@@H]2CCC(N3NNC=C3c3cccc(-c4cnc(N5CCN(C(=O)CCc6cn(CCOCCOCCC(=O)NCCCCn7nc(-c8ccc9oc(N)nc9c8)c8c(N)ncnc87)nn6)CC5)nc4)c3)[C@H](OC)C2)CC(=O)[C@H](C)/C=C(\C)[C@@H](O)[C@@H](O)C(=O)[C@H](C)C[C@H](C)/C=C/C=C/C=C/1C. The number of anilines is 3. The number of aliphatic hydroxyl groups is 3. The Kier molecular flexibility index (Phi) is 33.5. The molecule has 15 atom stereocenters. The molecule has 7 aromatic rings. The lowest BCUT2D eigenvalue weighted by molar-refractivity contribution is -0.265. The number of rotatable bonds is 27. The second kappa shape index (κ2) is 45.1. The number of cyclic esters (lactones) is 1. The molecule has 700 valence electrons. The zero-order chi connectivity index (χ0) is 92.3. The molecule has 1 saturated carbocycles. The van der Waals surface area contributed by atoms with E-state index in [-0.39, 0.29) is 92.6 Å². The number of ether oxygens (including phenoxy) is 6. The van der Waals surface area contributed by atoms with Crippen LogP contribution in [0.3, 0.4) is 0 Å². The van der Waals surface area contributed by atoms with Crippen molar-refractivity contribution in [1.29, 1.82) is 0 Å². The van der Waals surface area contributed by atoms with E-state index in [1.54, 1.807) is 62.8 Å². The van der Waals surface area contributed by atoms with Crippen LogP contribution in [0.5, 0.6) is 0 Å². The molecule has 37 heteroatoms. The summed E-state index contributed by atoms with van der Waals surface area (Å²) in [5.74, 6) is -8.32. The second-order valence-electron chi connectivity index (χ2n) is 35.2. The van der Waals surface area contributed by atoms with E-state index >= 15 is 0 Å². The van der Waals surface area contributed by atoms with Crippen molar-refractivity contribution in [2.45, 2.75) is 224 Å². The number of nitrogens with two attached hydrogens (primary N) is 3. The number of piperidine rings is 1. The fourth-order valence-corrected chi connectivity index (χ4v) is 18.2. The number of methoxy groups -OCH3 is 2. The summed E-state index contributed by atoms with van der Waals surface area (Å²) in [7, 11) is 3.22. The number of unbranched alkanes of at least 4 members (excludes halogenated alkanes) is 1. The van der Waals surface area contributed by atoms with E-state index in [2.05, 4.69) is 57.5 Å². The number of nitrogens with zero attached hydrogens (tertiary/aromatic N) is 14. The van der Waals surface area contributed by atoms with Gasteiger partial charge in [0.2, 0.25) is 23.5 Å². The van der Waals surface area contributed by atoms with E-state index in [9.17, 15) is 48.9 Å². The maximum atomic E-state index is 14.9. The van der Waals surface area contributed by atoms with Gasteiger partial charge in [-0.05, 0) is 144 Å². The van der Waals surface area contributed by atoms with Gasteiger partial charge in [0.1, 0.15) is 53.5 Å². The van der Waals surface area contributed by atoms with Crippen molar-refractivity contribution < 1.29 is 81.7 Å². The Hall–Kier alpha value is -11.1. The van der Waals surface area contributed by atoms with Crippen LogP contribution in [-0.4, -0.2) is 261 Å². The monoisotopic (exact) mass is 1790 g/mol. The zero-order valence-corrected chi connectivity index (χ0v) is 75.5. The molecule has 0 radical (unpaired) electrons. The Morgan fingerprint density at radius 1 is 0.785 bits per heavy atom. The molecule has 3 saturated heterocycles. The molecule has 13 rings (SSSR count). The average Bonchev–Trinajstić information content (AvgIpc) is 1.35. The van der Waals surface area contributed by atoms with Crippen molar-refractivity contribution >= 4 is 86.7 Å². The van der Waals surface area contributed by atoms with Crippen LogP contribution < -0.4 is 38.4 Å². The van der Waals surface area contributed by atoms with Crippen molar-refractivity contribution in [3.63, 3.8) is 0 Å². The van der Waals surface area contributed by atoms with Crippen LogP contribution in [0.25, 0.3) is 50.2 Å². The number of hydrogen-bond donors (Lipinski definition) is 9. The molecule has 5 aliphatic heterocycles. The molecule has 3 amide bonds. The van der Waals surface area contributed by atoms with Crippen molar-refractivity contribution in [2.24, 2.45) is 35.3 Å². The van der Waals surface area contributed by atoms with Crippen LogP contribution in [0, 0.1) is 29.6 Å². The Morgan fingerprint density at radius 3 is 2.35 bits per heavy atom. The highest BCUT2D eigenvalue weighted by molar-refractivity contribution is 6.39. The Balaban J connectivity index is 0.548. The van der Waals surface area contributed by atoms with Gasteiger partial charge in [-0.25, -0.2) is 34.1 Å². The smallest absolute Gasteiger partial charge is 0.329 e. The number of piperazine rings is 1. The number of hydrogen-bond acceptors (Lipinski definition) is 32. The molecule has 0 spiro atoms. The summed E-state index contributed by atoms with van der Waals surface area (Å²) in [6.45, 7) is 15.3. The van der Waals surface area contributed by atoms with E-state index in [1.165, 1.54) is 19.3 Å². The summed E-state index contributed by atoms with van der Waals surface area (Å²) in [6, 6.07) is 11.2. The van der Waals surface area contributed by atoms with E-state index in [1.807, 2.05) is 91.9 Å². The van der Waals surface area contributed by atoms with Gasteiger partial charge in [0.05, 0.1) is 74.1 Å². The number of aryl methyl sites for hydroxylation is 2. The number of carbonyl (C=O) groups excluding carboxylic acids is 7. The van der Waals surface area contributed by atoms with E-state index in [0.29, 0.717) is 182 Å². The van der Waals surface area contributed by atoms with Gasteiger partial charge in [0.15, 0.2) is 17.0 Å². The number of nitrogen functional groups attached to an aromatic ring is 2. The minimum Gasteiger partial charge on any atom is -0.459 e. The van der Waals surface area contributed by atoms with Gasteiger partial charge in [-0.1, -0.05) is 87.6 Å². The molecule has 10 heterocycles. The van der Waals surface area contributed by atoms with Gasteiger partial charge in [0.25, 0.3) is 17.7 Å². The van der Waals surface area contributed by atoms with Crippen LogP contribution in [0.15, 0.2) is 126 Å². The molecular weight excluding hydrogens is 1670 g/mol. The number of aliphatic hydroxyl groups excluding tert-OH is 2. The summed E-state index contributed by atoms with van der Waals surface area (Å²) >= 11 is 0. The van der Waals surface area contributed by atoms with E-state index in [0.717, 1.165) is 44.8 Å². The lowest BCUT2D eigenvalue weighted by Gasteiger charge is -2.43. The first kappa shape index (κ1) is 96.4. The minimum absolute atomic E-state index is 0.00971. The quantitative estimate of drug-likeness (QED) is 0.0108. The van der Waals surface area contributed by atoms with Gasteiger partial charge < -0.3 is 90.8 Å². The number of hydrazine groups is 2. The van der Waals surface area contributed by atoms with Crippen molar-refractivity contribution in [1.82, 2.24) is 80.8 Å². The number of Topliss-reactive ketones (excluding diaryl/α,β-unsaturated/α-hetero) is 3. The van der Waals surface area contributed by atoms with Gasteiger partial charge in [-0.2, -0.15) is 10.1 Å². The third-order valence-corrected chi connectivity index (χ3v) is 25.9. The number of allylic oxidation sites excluding steroid dienone is 6. The Morgan fingerprint density at radius 2 is 1.57 bits per heavy atom. The fourth-order valence-electron chi connectivity index (χ4n) is 18.2. The van der Waals surface area contributed by atoms with Crippen molar-refractivity contribution in [2.75, 3.05) is 96.3 Å².